The Labute approximate surface area is 167 Å². The minimum Gasteiger partial charge on any atom is -0.382 e. The van der Waals surface area contributed by atoms with Crippen molar-refractivity contribution >= 4 is 28.6 Å². The lowest BCUT2D eigenvalue weighted by atomic mass is 9.91. The SMILES string of the molecule is FC(F)CNC1CCC(Nc2cc(Cl)ncc2-c2csc(C(F)(F)F)n2)CC1. The van der Waals surface area contributed by atoms with Gasteiger partial charge in [0.2, 0.25) is 0 Å². The number of pyridine rings is 1. The van der Waals surface area contributed by atoms with Crippen molar-refractivity contribution < 1.29 is 22.0 Å². The van der Waals surface area contributed by atoms with Crippen molar-refractivity contribution in [1.82, 2.24) is 15.3 Å². The fourth-order valence-electron chi connectivity index (χ4n) is 3.20. The number of rotatable bonds is 6. The van der Waals surface area contributed by atoms with Gasteiger partial charge in [-0.05, 0) is 31.7 Å². The summed E-state index contributed by atoms with van der Waals surface area (Å²) in [5, 5.41) is 6.78. The average molecular weight is 441 g/mol. The quantitative estimate of drug-likeness (QED) is 0.463. The number of thiazole rings is 1. The molecule has 2 aromatic heterocycles. The second kappa shape index (κ2) is 8.87. The third kappa shape index (κ3) is 5.51. The van der Waals surface area contributed by atoms with Crippen LogP contribution in [0.1, 0.15) is 30.7 Å². The lowest BCUT2D eigenvalue weighted by Crippen LogP contribution is -2.39. The van der Waals surface area contributed by atoms with Crippen LogP contribution in [0.15, 0.2) is 17.6 Å². The number of anilines is 1. The largest absolute Gasteiger partial charge is 0.443 e. The third-order valence-corrected chi connectivity index (χ3v) is 5.63. The molecule has 0 atom stereocenters. The average Bonchev–Trinajstić information content (AvgIpc) is 3.11. The lowest BCUT2D eigenvalue weighted by molar-refractivity contribution is -0.137. The van der Waals surface area contributed by atoms with Gasteiger partial charge >= 0.3 is 6.18 Å². The van der Waals surface area contributed by atoms with Crippen molar-refractivity contribution in [2.24, 2.45) is 0 Å². The Bertz CT molecular complexity index is 790. The molecule has 0 aliphatic heterocycles. The molecule has 154 valence electrons. The maximum Gasteiger partial charge on any atom is 0.443 e. The topological polar surface area (TPSA) is 49.8 Å². The smallest absolute Gasteiger partial charge is 0.382 e. The third-order valence-electron chi connectivity index (χ3n) is 4.54. The number of hydrogen-bond donors (Lipinski definition) is 2. The molecule has 1 aliphatic carbocycles. The van der Waals surface area contributed by atoms with Crippen LogP contribution >= 0.6 is 22.9 Å². The van der Waals surface area contributed by atoms with E-state index in [1.165, 1.54) is 11.6 Å². The van der Waals surface area contributed by atoms with Crippen LogP contribution in [0.3, 0.4) is 0 Å². The van der Waals surface area contributed by atoms with Gasteiger partial charge in [0.25, 0.3) is 6.43 Å². The standard InChI is InChI=1S/C17H18ClF5N4S/c18-14-5-12(26-10-3-1-9(2-4-10)24-7-15(19)20)11(6-25-14)13-8-28-16(27-13)17(21,22)23/h5-6,8-10,15,24H,1-4,7H2,(H,25,26). The normalized spacial score (nSPS) is 20.5. The van der Waals surface area contributed by atoms with Crippen LogP contribution in [-0.4, -0.2) is 35.0 Å². The van der Waals surface area contributed by atoms with Gasteiger partial charge in [0, 0.05) is 34.9 Å². The first-order chi connectivity index (χ1) is 13.2. The van der Waals surface area contributed by atoms with Crippen molar-refractivity contribution in [2.75, 3.05) is 11.9 Å². The molecule has 2 heterocycles. The molecular weight excluding hydrogens is 423 g/mol. The van der Waals surface area contributed by atoms with Crippen LogP contribution in [0.25, 0.3) is 11.3 Å². The zero-order chi connectivity index (χ0) is 20.3. The van der Waals surface area contributed by atoms with Crippen molar-refractivity contribution in [3.63, 3.8) is 0 Å². The molecular formula is C17H18ClF5N4S. The summed E-state index contributed by atoms with van der Waals surface area (Å²) >= 11 is 6.49. The van der Waals surface area contributed by atoms with Gasteiger partial charge in [-0.2, -0.15) is 13.2 Å². The number of hydrogen-bond acceptors (Lipinski definition) is 5. The highest BCUT2D eigenvalue weighted by molar-refractivity contribution is 7.10. The number of nitrogens with one attached hydrogen (secondary N) is 2. The first-order valence-corrected chi connectivity index (χ1v) is 9.95. The Morgan fingerprint density at radius 3 is 2.46 bits per heavy atom. The van der Waals surface area contributed by atoms with E-state index in [-0.39, 0.29) is 29.5 Å². The molecule has 0 spiro atoms. The molecule has 3 rings (SSSR count). The van der Waals surface area contributed by atoms with E-state index in [4.69, 9.17) is 11.6 Å². The van der Waals surface area contributed by atoms with Gasteiger partial charge in [-0.3, -0.25) is 0 Å². The van der Waals surface area contributed by atoms with E-state index in [1.807, 2.05) is 0 Å². The highest BCUT2D eigenvalue weighted by Crippen LogP contribution is 2.37. The highest BCUT2D eigenvalue weighted by Gasteiger charge is 2.35. The molecule has 0 radical (unpaired) electrons. The first-order valence-electron chi connectivity index (χ1n) is 8.69. The van der Waals surface area contributed by atoms with Gasteiger partial charge in [-0.15, -0.1) is 11.3 Å². The fraction of sp³-hybridized carbons (Fsp3) is 0.529. The molecule has 2 aromatic rings. The van der Waals surface area contributed by atoms with Crippen LogP contribution in [0.5, 0.6) is 0 Å². The monoisotopic (exact) mass is 440 g/mol. The van der Waals surface area contributed by atoms with Gasteiger partial charge in [-0.25, -0.2) is 18.7 Å². The van der Waals surface area contributed by atoms with Crippen LogP contribution in [0.4, 0.5) is 27.6 Å². The Kier molecular flexibility index (Phi) is 6.72. The number of alkyl halides is 5. The number of aromatic nitrogens is 2. The van der Waals surface area contributed by atoms with Crippen LogP contribution in [-0.2, 0) is 6.18 Å². The predicted molar refractivity (Wildman–Crippen MR) is 99.0 cm³/mol. The molecule has 0 unspecified atom stereocenters. The lowest BCUT2D eigenvalue weighted by Gasteiger charge is -2.30. The summed E-state index contributed by atoms with van der Waals surface area (Å²) in [6.07, 6.45) is -2.54. The summed E-state index contributed by atoms with van der Waals surface area (Å²) in [7, 11) is 0. The molecule has 1 saturated carbocycles. The van der Waals surface area contributed by atoms with E-state index in [0.717, 1.165) is 25.7 Å². The van der Waals surface area contributed by atoms with E-state index in [9.17, 15) is 22.0 Å². The van der Waals surface area contributed by atoms with E-state index in [0.29, 0.717) is 22.6 Å². The fourth-order valence-corrected chi connectivity index (χ4v) is 4.04. The van der Waals surface area contributed by atoms with E-state index in [2.05, 4.69) is 20.6 Å². The van der Waals surface area contributed by atoms with Crippen molar-refractivity contribution in [3.8, 4) is 11.3 Å². The maximum atomic E-state index is 12.8. The molecule has 4 nitrogen and oxygen atoms in total. The predicted octanol–water partition coefficient (Wildman–Crippen LogP) is 5.46. The summed E-state index contributed by atoms with van der Waals surface area (Å²) in [6.45, 7) is -0.321. The maximum absolute atomic E-state index is 12.8. The second-order valence-corrected chi connectivity index (χ2v) is 7.83. The van der Waals surface area contributed by atoms with Crippen molar-refractivity contribution in [1.29, 1.82) is 0 Å². The minimum absolute atomic E-state index is 0.0421. The second-order valence-electron chi connectivity index (χ2n) is 6.58. The summed E-state index contributed by atoms with van der Waals surface area (Å²) in [5.41, 5.74) is 1.17. The molecule has 2 N–H and O–H groups in total. The van der Waals surface area contributed by atoms with Crippen molar-refractivity contribution in [2.45, 2.75) is 50.4 Å². The summed E-state index contributed by atoms with van der Waals surface area (Å²) < 4.78 is 63.1. The Hall–Kier alpha value is -1.52. The van der Waals surface area contributed by atoms with Crippen molar-refractivity contribution in [3.05, 3.63) is 27.8 Å². The summed E-state index contributed by atoms with van der Waals surface area (Å²) in [5.74, 6) is 0. The van der Waals surface area contributed by atoms with Gasteiger partial charge < -0.3 is 10.6 Å². The molecule has 1 aliphatic rings. The molecule has 0 saturated heterocycles. The van der Waals surface area contributed by atoms with Gasteiger partial charge in [0.15, 0.2) is 5.01 Å². The van der Waals surface area contributed by atoms with Gasteiger partial charge in [-0.1, -0.05) is 11.6 Å². The molecule has 28 heavy (non-hydrogen) atoms. The van der Waals surface area contributed by atoms with E-state index < -0.39 is 17.6 Å². The molecule has 0 aromatic carbocycles. The molecule has 0 bridgehead atoms. The molecule has 1 fully saturated rings. The van der Waals surface area contributed by atoms with Crippen LogP contribution in [0, 0.1) is 0 Å². The first kappa shape index (κ1) is 21.2. The Morgan fingerprint density at radius 2 is 1.86 bits per heavy atom. The minimum atomic E-state index is -4.50. The van der Waals surface area contributed by atoms with Gasteiger partial charge in [0.1, 0.15) is 5.15 Å². The van der Waals surface area contributed by atoms with Crippen LogP contribution in [0.2, 0.25) is 5.15 Å². The van der Waals surface area contributed by atoms with E-state index >= 15 is 0 Å². The Morgan fingerprint density at radius 1 is 1.18 bits per heavy atom. The van der Waals surface area contributed by atoms with Gasteiger partial charge in [0.05, 0.1) is 12.2 Å². The van der Waals surface area contributed by atoms with E-state index in [1.54, 1.807) is 6.07 Å². The zero-order valence-corrected chi connectivity index (χ0v) is 16.1. The summed E-state index contributed by atoms with van der Waals surface area (Å²) in [4.78, 5) is 7.64. The summed E-state index contributed by atoms with van der Waals surface area (Å²) in [6, 6.07) is 1.66. The highest BCUT2D eigenvalue weighted by atomic mass is 35.5. The molecule has 11 heteroatoms. The Balaban J connectivity index is 1.70. The van der Waals surface area contributed by atoms with Crippen LogP contribution < -0.4 is 10.6 Å². The number of halogens is 6. The number of nitrogens with zero attached hydrogens (tertiary/aromatic N) is 2. The zero-order valence-electron chi connectivity index (χ0n) is 14.6. The molecule has 0 amide bonds.